The number of aliphatic hydroxyl groups excluding tert-OH is 1. The van der Waals surface area contributed by atoms with Crippen molar-refractivity contribution in [1.29, 1.82) is 0 Å². The van der Waals surface area contributed by atoms with Gasteiger partial charge in [0.1, 0.15) is 17.3 Å². The topological polar surface area (TPSA) is 29.5 Å². The van der Waals surface area contributed by atoms with E-state index in [1.165, 1.54) is 18.2 Å². The molecule has 94 valence electrons. The molecule has 2 rings (SSSR count). The van der Waals surface area contributed by atoms with E-state index in [0.29, 0.717) is 22.1 Å². The van der Waals surface area contributed by atoms with Gasteiger partial charge in [-0.15, -0.1) is 0 Å². The van der Waals surface area contributed by atoms with Crippen LogP contribution in [-0.2, 0) is 0 Å². The van der Waals surface area contributed by atoms with Gasteiger partial charge in [-0.1, -0.05) is 11.6 Å². The summed E-state index contributed by atoms with van der Waals surface area (Å²) in [5.74, 6) is 0.594. The normalized spacial score (nSPS) is 12.2. The molecule has 1 N–H and O–H groups in total. The Balaban J connectivity index is 2.31. The van der Waals surface area contributed by atoms with E-state index < -0.39 is 11.9 Å². The minimum atomic E-state index is -0.803. The molecule has 4 heteroatoms. The SMILES string of the molecule is C[C@@H](O)c1cc(F)ccc1Oc1ccc(Cl)cc1. The van der Waals surface area contributed by atoms with Crippen LogP contribution in [0, 0.1) is 5.82 Å². The molecule has 0 aliphatic rings. The average Bonchev–Trinajstić information content (AvgIpc) is 2.34. The molecule has 0 saturated heterocycles. The number of hydrogen-bond acceptors (Lipinski definition) is 2. The quantitative estimate of drug-likeness (QED) is 0.896. The van der Waals surface area contributed by atoms with Crippen LogP contribution in [0.3, 0.4) is 0 Å². The molecule has 0 radical (unpaired) electrons. The Labute approximate surface area is 110 Å². The molecule has 1 atom stereocenters. The monoisotopic (exact) mass is 266 g/mol. The summed E-state index contributed by atoms with van der Waals surface area (Å²) in [6.07, 6.45) is -0.803. The largest absolute Gasteiger partial charge is 0.457 e. The van der Waals surface area contributed by atoms with Crippen molar-refractivity contribution in [3.05, 3.63) is 58.9 Å². The first-order valence-corrected chi connectivity index (χ1v) is 5.85. The van der Waals surface area contributed by atoms with Gasteiger partial charge in [0.2, 0.25) is 0 Å². The molecule has 0 aliphatic heterocycles. The summed E-state index contributed by atoms with van der Waals surface area (Å²) in [5, 5.41) is 10.2. The van der Waals surface area contributed by atoms with Gasteiger partial charge in [-0.25, -0.2) is 4.39 Å². The minimum absolute atomic E-state index is 0.407. The van der Waals surface area contributed by atoms with Crippen LogP contribution in [0.1, 0.15) is 18.6 Å². The number of aliphatic hydroxyl groups is 1. The first kappa shape index (κ1) is 12.9. The second-order valence-corrected chi connectivity index (χ2v) is 4.35. The lowest BCUT2D eigenvalue weighted by Gasteiger charge is -2.13. The Bertz CT molecular complexity index is 538. The molecule has 0 unspecified atom stereocenters. The average molecular weight is 267 g/mol. The predicted octanol–water partition coefficient (Wildman–Crippen LogP) is 4.32. The molecule has 2 nitrogen and oxygen atoms in total. The van der Waals surface area contributed by atoms with Crippen LogP contribution in [0.25, 0.3) is 0 Å². The molecular weight excluding hydrogens is 255 g/mol. The van der Waals surface area contributed by atoms with Crippen molar-refractivity contribution >= 4 is 11.6 Å². The molecule has 0 aliphatic carbocycles. The molecule has 0 aromatic heterocycles. The number of hydrogen-bond donors (Lipinski definition) is 1. The fraction of sp³-hybridized carbons (Fsp3) is 0.143. The van der Waals surface area contributed by atoms with Crippen molar-refractivity contribution < 1.29 is 14.2 Å². The molecule has 0 spiro atoms. The van der Waals surface area contributed by atoms with Crippen molar-refractivity contribution in [2.24, 2.45) is 0 Å². The van der Waals surface area contributed by atoms with Crippen LogP contribution in [0.5, 0.6) is 11.5 Å². The lowest BCUT2D eigenvalue weighted by molar-refractivity contribution is 0.195. The summed E-state index contributed by atoms with van der Waals surface area (Å²) in [6, 6.07) is 10.8. The van der Waals surface area contributed by atoms with E-state index in [9.17, 15) is 9.50 Å². The molecular formula is C14H12ClFO2. The van der Waals surface area contributed by atoms with E-state index in [4.69, 9.17) is 16.3 Å². The Morgan fingerprint density at radius 2 is 1.83 bits per heavy atom. The van der Waals surface area contributed by atoms with Crippen LogP contribution in [-0.4, -0.2) is 5.11 Å². The second-order valence-electron chi connectivity index (χ2n) is 3.91. The fourth-order valence-electron chi connectivity index (χ4n) is 1.57. The highest BCUT2D eigenvalue weighted by atomic mass is 35.5. The molecule has 0 heterocycles. The molecule has 0 fully saturated rings. The summed E-state index contributed by atoms with van der Waals surface area (Å²) < 4.78 is 18.7. The maximum absolute atomic E-state index is 13.1. The Kier molecular flexibility index (Phi) is 3.84. The molecule has 2 aromatic rings. The first-order valence-electron chi connectivity index (χ1n) is 5.47. The molecule has 18 heavy (non-hydrogen) atoms. The Hall–Kier alpha value is -1.58. The van der Waals surface area contributed by atoms with E-state index in [2.05, 4.69) is 0 Å². The second kappa shape index (κ2) is 5.38. The lowest BCUT2D eigenvalue weighted by atomic mass is 10.1. The van der Waals surface area contributed by atoms with Crippen molar-refractivity contribution in [3.8, 4) is 11.5 Å². The van der Waals surface area contributed by atoms with Gasteiger partial charge in [-0.3, -0.25) is 0 Å². The zero-order valence-electron chi connectivity index (χ0n) is 9.73. The van der Waals surface area contributed by atoms with Crippen LogP contribution < -0.4 is 4.74 Å². The summed E-state index contributed by atoms with van der Waals surface area (Å²) in [4.78, 5) is 0. The number of rotatable bonds is 3. The van der Waals surface area contributed by atoms with Crippen molar-refractivity contribution in [2.45, 2.75) is 13.0 Å². The summed E-state index contributed by atoms with van der Waals surface area (Å²) in [5.41, 5.74) is 0.407. The van der Waals surface area contributed by atoms with E-state index in [1.807, 2.05) is 0 Å². The summed E-state index contributed by atoms with van der Waals surface area (Å²) in [6.45, 7) is 1.56. The third-order valence-electron chi connectivity index (χ3n) is 2.46. The highest BCUT2D eigenvalue weighted by molar-refractivity contribution is 6.30. The van der Waals surface area contributed by atoms with Crippen LogP contribution in [0.4, 0.5) is 4.39 Å². The maximum atomic E-state index is 13.1. The van der Waals surface area contributed by atoms with Crippen LogP contribution in [0.2, 0.25) is 5.02 Å². The van der Waals surface area contributed by atoms with Crippen molar-refractivity contribution in [2.75, 3.05) is 0 Å². The Morgan fingerprint density at radius 3 is 2.44 bits per heavy atom. The van der Waals surface area contributed by atoms with Crippen molar-refractivity contribution in [3.63, 3.8) is 0 Å². The first-order chi connectivity index (χ1) is 8.56. The fourth-order valence-corrected chi connectivity index (χ4v) is 1.69. The van der Waals surface area contributed by atoms with Gasteiger partial charge in [0, 0.05) is 10.6 Å². The standard InChI is InChI=1S/C14H12ClFO2/c1-9(17)13-8-11(16)4-7-14(13)18-12-5-2-10(15)3-6-12/h2-9,17H,1H3/t9-/m1/s1. The molecule has 0 saturated carbocycles. The molecule has 0 bridgehead atoms. The van der Waals surface area contributed by atoms with Crippen LogP contribution in [0.15, 0.2) is 42.5 Å². The van der Waals surface area contributed by atoms with E-state index in [1.54, 1.807) is 31.2 Å². The third-order valence-corrected chi connectivity index (χ3v) is 2.72. The van der Waals surface area contributed by atoms with Crippen LogP contribution >= 0.6 is 11.6 Å². The molecule has 0 amide bonds. The zero-order valence-corrected chi connectivity index (χ0v) is 10.5. The highest BCUT2D eigenvalue weighted by Crippen LogP contribution is 2.30. The molecule has 2 aromatic carbocycles. The van der Waals surface area contributed by atoms with Gasteiger partial charge in [0.15, 0.2) is 0 Å². The summed E-state index contributed by atoms with van der Waals surface area (Å²) in [7, 11) is 0. The van der Waals surface area contributed by atoms with Gasteiger partial charge < -0.3 is 9.84 Å². The number of ether oxygens (including phenoxy) is 1. The van der Waals surface area contributed by atoms with Crippen molar-refractivity contribution in [1.82, 2.24) is 0 Å². The van der Waals surface area contributed by atoms with E-state index >= 15 is 0 Å². The van der Waals surface area contributed by atoms with Gasteiger partial charge in [0.25, 0.3) is 0 Å². The minimum Gasteiger partial charge on any atom is -0.457 e. The van der Waals surface area contributed by atoms with E-state index in [-0.39, 0.29) is 0 Å². The smallest absolute Gasteiger partial charge is 0.133 e. The third kappa shape index (κ3) is 3.00. The van der Waals surface area contributed by atoms with E-state index in [0.717, 1.165) is 0 Å². The zero-order chi connectivity index (χ0) is 13.1. The van der Waals surface area contributed by atoms with Gasteiger partial charge >= 0.3 is 0 Å². The van der Waals surface area contributed by atoms with Gasteiger partial charge in [-0.2, -0.15) is 0 Å². The number of halogens is 2. The summed E-state index contributed by atoms with van der Waals surface area (Å²) >= 11 is 5.77. The Morgan fingerprint density at radius 1 is 1.17 bits per heavy atom. The van der Waals surface area contributed by atoms with Gasteiger partial charge in [-0.05, 0) is 49.4 Å². The highest BCUT2D eigenvalue weighted by Gasteiger charge is 2.11. The number of benzene rings is 2. The maximum Gasteiger partial charge on any atom is 0.133 e. The lowest BCUT2D eigenvalue weighted by Crippen LogP contribution is -1.97. The van der Waals surface area contributed by atoms with Gasteiger partial charge in [0.05, 0.1) is 6.10 Å². The predicted molar refractivity (Wildman–Crippen MR) is 68.6 cm³/mol.